The lowest BCUT2D eigenvalue weighted by atomic mass is 10.0. The highest BCUT2D eigenvalue weighted by molar-refractivity contribution is 7.80. The summed E-state index contributed by atoms with van der Waals surface area (Å²) in [6, 6.07) is 1.23. The fourth-order valence-electron chi connectivity index (χ4n) is 1.34. The van der Waals surface area contributed by atoms with E-state index in [0.717, 1.165) is 0 Å². The van der Waals surface area contributed by atoms with Crippen molar-refractivity contribution in [1.82, 2.24) is 4.98 Å². The predicted octanol–water partition coefficient (Wildman–Crippen LogP) is 1.24. The quantitative estimate of drug-likeness (QED) is 0.540. The highest BCUT2D eigenvalue weighted by Crippen LogP contribution is 2.22. The van der Waals surface area contributed by atoms with Crippen molar-refractivity contribution in [2.45, 2.75) is 25.6 Å². The van der Waals surface area contributed by atoms with Crippen molar-refractivity contribution in [3.05, 3.63) is 29.3 Å². The molecule has 1 aromatic rings. The average Bonchev–Trinajstić information content (AvgIpc) is 2.17. The minimum Gasteiger partial charge on any atom is -0.390 e. The topological polar surface area (TPSA) is 53.4 Å². The van der Waals surface area contributed by atoms with E-state index in [1.54, 1.807) is 6.92 Å². The van der Waals surface area contributed by atoms with E-state index in [9.17, 15) is 14.6 Å². The number of aryl methyl sites for hydroxylation is 1. The first-order valence-electron chi connectivity index (χ1n) is 4.65. The molecule has 0 fully saturated rings. The molecule has 0 aliphatic carbocycles. The second kappa shape index (κ2) is 5.44. The zero-order valence-corrected chi connectivity index (χ0v) is 9.28. The van der Waals surface area contributed by atoms with E-state index in [1.807, 2.05) is 0 Å². The Morgan fingerprint density at radius 1 is 1.53 bits per heavy atom. The number of aliphatic hydroxyl groups is 2. The van der Waals surface area contributed by atoms with Gasteiger partial charge in [-0.2, -0.15) is 17.0 Å². The van der Waals surface area contributed by atoms with Crippen molar-refractivity contribution in [3.63, 3.8) is 0 Å². The van der Waals surface area contributed by atoms with Gasteiger partial charge >= 0.3 is 0 Å². The van der Waals surface area contributed by atoms with Crippen LogP contribution in [0.4, 0.5) is 4.39 Å². The molecular formula is C10H14FNO2S. The lowest BCUT2D eigenvalue weighted by molar-refractivity contribution is 0.0166. The molecule has 3 nitrogen and oxygen atoms in total. The number of halogens is 1. The van der Waals surface area contributed by atoms with E-state index in [2.05, 4.69) is 17.6 Å². The largest absolute Gasteiger partial charge is 0.390 e. The van der Waals surface area contributed by atoms with Gasteiger partial charge in [0.2, 0.25) is 5.95 Å². The molecule has 15 heavy (non-hydrogen) atoms. The third-order valence-corrected chi connectivity index (χ3v) is 2.48. The van der Waals surface area contributed by atoms with Gasteiger partial charge in [-0.05, 0) is 30.7 Å². The van der Waals surface area contributed by atoms with Gasteiger partial charge in [0, 0.05) is 11.8 Å². The Morgan fingerprint density at radius 2 is 2.20 bits per heavy atom. The molecule has 1 rings (SSSR count). The molecule has 0 saturated carbocycles. The number of hydrogen-bond acceptors (Lipinski definition) is 4. The first-order valence-corrected chi connectivity index (χ1v) is 5.28. The molecule has 2 atom stereocenters. The van der Waals surface area contributed by atoms with Crippen molar-refractivity contribution in [2.24, 2.45) is 0 Å². The van der Waals surface area contributed by atoms with Crippen LogP contribution in [-0.2, 0) is 0 Å². The standard InChI is InChI=1S/C10H14FNO2S/c1-6-4-9(11)12-5-7(6)10(14)8(13)2-3-15/h4-5,8,10,13-15H,2-3H2,1H3. The Balaban J connectivity index is 2.86. The lowest BCUT2D eigenvalue weighted by Gasteiger charge is -2.18. The van der Waals surface area contributed by atoms with Crippen LogP contribution in [0.5, 0.6) is 0 Å². The molecule has 0 aliphatic heterocycles. The number of aromatic nitrogens is 1. The van der Waals surface area contributed by atoms with Crippen LogP contribution in [0.1, 0.15) is 23.7 Å². The van der Waals surface area contributed by atoms with E-state index in [1.165, 1.54) is 12.3 Å². The number of hydrogen-bond donors (Lipinski definition) is 3. The van der Waals surface area contributed by atoms with Gasteiger partial charge in [0.15, 0.2) is 0 Å². The van der Waals surface area contributed by atoms with Crippen LogP contribution < -0.4 is 0 Å². The maximum Gasteiger partial charge on any atom is 0.213 e. The summed E-state index contributed by atoms with van der Waals surface area (Å²) in [6.45, 7) is 1.66. The molecule has 0 saturated heterocycles. The molecule has 0 amide bonds. The van der Waals surface area contributed by atoms with Gasteiger partial charge in [-0.25, -0.2) is 4.98 Å². The second-order valence-corrected chi connectivity index (χ2v) is 3.84. The predicted molar refractivity (Wildman–Crippen MR) is 58.4 cm³/mol. The summed E-state index contributed by atoms with van der Waals surface area (Å²) in [5.74, 6) is -0.113. The van der Waals surface area contributed by atoms with Crippen molar-refractivity contribution in [1.29, 1.82) is 0 Å². The zero-order valence-electron chi connectivity index (χ0n) is 8.39. The highest BCUT2D eigenvalue weighted by Gasteiger charge is 2.19. The number of pyridine rings is 1. The third kappa shape index (κ3) is 3.15. The number of aliphatic hydroxyl groups excluding tert-OH is 2. The fraction of sp³-hybridized carbons (Fsp3) is 0.500. The molecule has 0 aromatic carbocycles. The van der Waals surface area contributed by atoms with Crippen molar-refractivity contribution >= 4 is 12.6 Å². The summed E-state index contributed by atoms with van der Waals surface area (Å²) >= 11 is 3.96. The van der Waals surface area contributed by atoms with Crippen LogP contribution in [0, 0.1) is 12.9 Å². The lowest BCUT2D eigenvalue weighted by Crippen LogP contribution is -2.19. The normalized spacial score (nSPS) is 15.0. The van der Waals surface area contributed by atoms with Crippen molar-refractivity contribution in [2.75, 3.05) is 5.75 Å². The molecule has 5 heteroatoms. The molecule has 2 unspecified atom stereocenters. The van der Waals surface area contributed by atoms with Crippen LogP contribution in [-0.4, -0.2) is 27.1 Å². The third-order valence-electron chi connectivity index (χ3n) is 2.23. The zero-order chi connectivity index (χ0) is 11.4. The van der Waals surface area contributed by atoms with Crippen LogP contribution >= 0.6 is 12.6 Å². The van der Waals surface area contributed by atoms with Gasteiger partial charge in [-0.15, -0.1) is 0 Å². The summed E-state index contributed by atoms with van der Waals surface area (Å²) < 4.78 is 12.7. The Bertz CT molecular complexity index is 335. The highest BCUT2D eigenvalue weighted by atomic mass is 32.1. The summed E-state index contributed by atoms with van der Waals surface area (Å²) in [5.41, 5.74) is 1.03. The molecular weight excluding hydrogens is 217 g/mol. The van der Waals surface area contributed by atoms with E-state index in [4.69, 9.17) is 0 Å². The smallest absolute Gasteiger partial charge is 0.213 e. The van der Waals surface area contributed by atoms with Gasteiger partial charge in [-0.1, -0.05) is 0 Å². The van der Waals surface area contributed by atoms with Gasteiger partial charge in [0.05, 0.1) is 6.10 Å². The first-order chi connectivity index (χ1) is 7.06. The van der Waals surface area contributed by atoms with Crippen LogP contribution in [0.2, 0.25) is 0 Å². The summed E-state index contributed by atoms with van der Waals surface area (Å²) in [6.07, 6.45) is -0.309. The number of thiol groups is 1. The molecule has 1 heterocycles. The van der Waals surface area contributed by atoms with Crippen LogP contribution in [0.3, 0.4) is 0 Å². The molecule has 84 valence electrons. The van der Waals surface area contributed by atoms with Gasteiger partial charge in [-0.3, -0.25) is 0 Å². The first kappa shape index (κ1) is 12.4. The van der Waals surface area contributed by atoms with Gasteiger partial charge in [0.1, 0.15) is 6.10 Å². The number of rotatable bonds is 4. The maximum atomic E-state index is 12.7. The monoisotopic (exact) mass is 231 g/mol. The molecule has 0 spiro atoms. The van der Waals surface area contributed by atoms with Crippen molar-refractivity contribution in [3.8, 4) is 0 Å². The fourth-order valence-corrected chi connectivity index (χ4v) is 1.60. The molecule has 2 N–H and O–H groups in total. The summed E-state index contributed by atoms with van der Waals surface area (Å²) in [7, 11) is 0. The summed E-state index contributed by atoms with van der Waals surface area (Å²) in [4.78, 5) is 3.45. The van der Waals surface area contributed by atoms with Crippen LogP contribution in [0.15, 0.2) is 12.3 Å². The second-order valence-electron chi connectivity index (χ2n) is 3.39. The van der Waals surface area contributed by atoms with Gasteiger partial charge < -0.3 is 10.2 Å². The van der Waals surface area contributed by atoms with E-state index in [-0.39, 0.29) is 0 Å². The van der Waals surface area contributed by atoms with E-state index in [0.29, 0.717) is 23.3 Å². The Morgan fingerprint density at radius 3 is 2.73 bits per heavy atom. The van der Waals surface area contributed by atoms with E-state index < -0.39 is 18.2 Å². The Labute approximate surface area is 93.4 Å². The SMILES string of the molecule is Cc1cc(F)ncc1C(O)C(O)CCS. The van der Waals surface area contributed by atoms with Crippen LogP contribution in [0.25, 0.3) is 0 Å². The minimum absolute atomic E-state index is 0.376. The Kier molecular flexibility index (Phi) is 4.50. The molecule has 0 aliphatic rings. The van der Waals surface area contributed by atoms with E-state index >= 15 is 0 Å². The summed E-state index contributed by atoms with van der Waals surface area (Å²) in [5, 5.41) is 19.3. The molecule has 0 bridgehead atoms. The van der Waals surface area contributed by atoms with Gasteiger partial charge in [0.25, 0.3) is 0 Å². The number of nitrogens with zero attached hydrogens (tertiary/aromatic N) is 1. The molecule has 1 aromatic heterocycles. The average molecular weight is 231 g/mol. The minimum atomic E-state index is -1.04. The maximum absolute atomic E-state index is 12.7. The Hall–Kier alpha value is -0.650. The molecule has 0 radical (unpaired) electrons. The van der Waals surface area contributed by atoms with Crippen molar-refractivity contribution < 1.29 is 14.6 Å².